The van der Waals surface area contributed by atoms with Crippen LogP contribution < -0.4 is 10.6 Å². The van der Waals surface area contributed by atoms with Gasteiger partial charge in [-0.15, -0.1) is 0 Å². The van der Waals surface area contributed by atoms with E-state index in [9.17, 15) is 9.59 Å². The maximum absolute atomic E-state index is 13.3. The van der Waals surface area contributed by atoms with Crippen molar-refractivity contribution in [1.82, 2.24) is 10.6 Å². The van der Waals surface area contributed by atoms with Gasteiger partial charge in [0.15, 0.2) is 0 Å². The van der Waals surface area contributed by atoms with Crippen LogP contribution in [0.4, 0.5) is 0 Å². The molecule has 4 heteroatoms. The van der Waals surface area contributed by atoms with Crippen molar-refractivity contribution in [3.63, 3.8) is 0 Å². The molecule has 0 aromatic heterocycles. The van der Waals surface area contributed by atoms with Crippen molar-refractivity contribution >= 4 is 22.6 Å². The Morgan fingerprint density at radius 3 is 1.89 bits per heavy atom. The van der Waals surface area contributed by atoms with E-state index in [0.717, 1.165) is 62.1 Å². The fraction of sp³-hybridized carbons (Fsp3) is 0.500. The molecule has 0 unspecified atom stereocenters. The molecule has 0 atom stereocenters. The summed E-state index contributed by atoms with van der Waals surface area (Å²) in [6, 6.07) is 12.0. The third-order valence-electron chi connectivity index (χ3n) is 6.28. The molecule has 0 heterocycles. The number of carbonyl (C=O) groups excluding carboxylic acids is 2. The van der Waals surface area contributed by atoms with Gasteiger partial charge in [-0.25, -0.2) is 0 Å². The average Bonchev–Trinajstić information content (AvgIpc) is 2.74. The Morgan fingerprint density at radius 1 is 0.679 bits per heavy atom. The third kappa shape index (κ3) is 4.21. The number of fused-ring (bicyclic) bond motifs is 1. The molecule has 2 aromatic carbocycles. The smallest absolute Gasteiger partial charge is 0.252 e. The molecule has 4 nitrogen and oxygen atoms in total. The minimum atomic E-state index is -0.119. The molecule has 2 fully saturated rings. The normalized spacial score (nSPS) is 18.7. The van der Waals surface area contributed by atoms with Crippen LogP contribution in [0.5, 0.6) is 0 Å². The van der Waals surface area contributed by atoms with E-state index in [1.54, 1.807) is 0 Å². The van der Waals surface area contributed by atoms with Crippen LogP contribution in [0, 0.1) is 0 Å². The lowest BCUT2D eigenvalue weighted by atomic mass is 9.93. The number of carbonyl (C=O) groups is 2. The largest absolute Gasteiger partial charge is 0.349 e. The highest BCUT2D eigenvalue weighted by molar-refractivity contribution is 6.15. The van der Waals surface area contributed by atoms with Crippen molar-refractivity contribution in [1.29, 1.82) is 0 Å². The summed E-state index contributed by atoms with van der Waals surface area (Å²) < 4.78 is 0. The monoisotopic (exact) mass is 378 g/mol. The van der Waals surface area contributed by atoms with Gasteiger partial charge in [0, 0.05) is 12.1 Å². The fourth-order valence-electron chi connectivity index (χ4n) is 4.72. The van der Waals surface area contributed by atoms with Gasteiger partial charge in [-0.05, 0) is 42.5 Å². The van der Waals surface area contributed by atoms with Crippen molar-refractivity contribution in [3.05, 3.63) is 47.5 Å². The highest BCUT2D eigenvalue weighted by atomic mass is 16.2. The van der Waals surface area contributed by atoms with Crippen LogP contribution in [-0.2, 0) is 0 Å². The second-order valence-electron chi connectivity index (χ2n) is 8.33. The van der Waals surface area contributed by atoms with Crippen LogP contribution in [0.3, 0.4) is 0 Å². The van der Waals surface area contributed by atoms with Gasteiger partial charge >= 0.3 is 0 Å². The summed E-state index contributed by atoms with van der Waals surface area (Å²) in [5.74, 6) is -0.232. The van der Waals surface area contributed by atoms with Crippen molar-refractivity contribution in [2.24, 2.45) is 0 Å². The van der Waals surface area contributed by atoms with E-state index in [1.807, 2.05) is 36.4 Å². The first-order chi connectivity index (χ1) is 13.7. The van der Waals surface area contributed by atoms with Crippen LogP contribution in [0.15, 0.2) is 36.4 Å². The van der Waals surface area contributed by atoms with E-state index >= 15 is 0 Å². The van der Waals surface area contributed by atoms with Crippen LogP contribution in [0.1, 0.15) is 84.9 Å². The Morgan fingerprint density at radius 2 is 1.25 bits per heavy atom. The summed E-state index contributed by atoms with van der Waals surface area (Å²) in [6.07, 6.45) is 11.3. The Hall–Kier alpha value is -2.36. The molecule has 2 amide bonds. The number of hydrogen-bond acceptors (Lipinski definition) is 2. The first kappa shape index (κ1) is 19.0. The number of amides is 2. The Bertz CT molecular complexity index is 849. The molecule has 2 N–H and O–H groups in total. The SMILES string of the molecule is O=C(NC1CCCCC1)c1ccc2ccccc2c1C(=O)NC1CCCCC1. The van der Waals surface area contributed by atoms with E-state index in [-0.39, 0.29) is 23.9 Å². The molecule has 0 saturated heterocycles. The zero-order chi connectivity index (χ0) is 19.3. The molecule has 4 rings (SSSR count). The van der Waals surface area contributed by atoms with Crippen LogP contribution >= 0.6 is 0 Å². The van der Waals surface area contributed by atoms with E-state index in [1.165, 1.54) is 12.8 Å². The molecule has 0 aliphatic heterocycles. The summed E-state index contributed by atoms with van der Waals surface area (Å²) in [4.78, 5) is 26.3. The maximum Gasteiger partial charge on any atom is 0.252 e. The average molecular weight is 379 g/mol. The van der Waals surface area contributed by atoms with Gasteiger partial charge in [0.1, 0.15) is 0 Å². The molecule has 2 aliphatic rings. The van der Waals surface area contributed by atoms with E-state index in [0.29, 0.717) is 11.1 Å². The maximum atomic E-state index is 13.3. The standard InChI is InChI=1S/C24H30N2O2/c27-23(25-18-10-3-1-4-11-18)21-16-15-17-9-7-8-14-20(17)22(21)24(28)26-19-12-5-2-6-13-19/h7-9,14-16,18-19H,1-6,10-13H2,(H,25,27)(H,26,28). The number of rotatable bonds is 4. The van der Waals surface area contributed by atoms with Crippen LogP contribution in [-0.4, -0.2) is 23.9 Å². The Labute approximate surface area is 167 Å². The zero-order valence-electron chi connectivity index (χ0n) is 16.5. The second kappa shape index (κ2) is 8.76. The Kier molecular flexibility index (Phi) is 5.94. The molecular weight excluding hydrogens is 348 g/mol. The van der Waals surface area contributed by atoms with Gasteiger partial charge in [-0.2, -0.15) is 0 Å². The summed E-state index contributed by atoms with van der Waals surface area (Å²) >= 11 is 0. The number of hydrogen-bond donors (Lipinski definition) is 2. The van der Waals surface area contributed by atoms with E-state index < -0.39 is 0 Å². The molecule has 0 bridgehead atoms. The molecule has 2 aromatic rings. The topological polar surface area (TPSA) is 58.2 Å². The first-order valence-electron chi connectivity index (χ1n) is 10.9. The lowest BCUT2D eigenvalue weighted by Crippen LogP contribution is -2.39. The van der Waals surface area contributed by atoms with Gasteiger partial charge in [0.25, 0.3) is 11.8 Å². The van der Waals surface area contributed by atoms with Crippen LogP contribution in [0.2, 0.25) is 0 Å². The lowest BCUT2D eigenvalue weighted by molar-refractivity contribution is 0.0894. The van der Waals surface area contributed by atoms with Crippen molar-refractivity contribution in [2.45, 2.75) is 76.3 Å². The molecule has 148 valence electrons. The van der Waals surface area contributed by atoms with Gasteiger partial charge in [-0.1, -0.05) is 68.9 Å². The number of nitrogens with one attached hydrogen (secondary N) is 2. The molecule has 2 saturated carbocycles. The molecule has 2 aliphatic carbocycles. The Balaban J connectivity index is 1.64. The number of benzene rings is 2. The van der Waals surface area contributed by atoms with E-state index in [2.05, 4.69) is 10.6 Å². The highest BCUT2D eigenvalue weighted by Crippen LogP contribution is 2.25. The molecular formula is C24H30N2O2. The quantitative estimate of drug-likeness (QED) is 0.789. The van der Waals surface area contributed by atoms with Crippen molar-refractivity contribution in [2.75, 3.05) is 0 Å². The van der Waals surface area contributed by atoms with Gasteiger partial charge in [0.2, 0.25) is 0 Å². The van der Waals surface area contributed by atoms with Gasteiger partial charge < -0.3 is 10.6 Å². The first-order valence-corrected chi connectivity index (χ1v) is 10.9. The third-order valence-corrected chi connectivity index (χ3v) is 6.28. The summed E-state index contributed by atoms with van der Waals surface area (Å²) in [5.41, 5.74) is 1.02. The summed E-state index contributed by atoms with van der Waals surface area (Å²) in [7, 11) is 0. The zero-order valence-corrected chi connectivity index (χ0v) is 16.5. The summed E-state index contributed by atoms with van der Waals surface area (Å²) in [5, 5.41) is 8.23. The molecule has 0 radical (unpaired) electrons. The van der Waals surface area contributed by atoms with Crippen molar-refractivity contribution in [3.8, 4) is 0 Å². The predicted molar refractivity (Wildman–Crippen MR) is 113 cm³/mol. The minimum Gasteiger partial charge on any atom is -0.349 e. The van der Waals surface area contributed by atoms with Crippen LogP contribution in [0.25, 0.3) is 10.8 Å². The van der Waals surface area contributed by atoms with Crippen molar-refractivity contribution < 1.29 is 9.59 Å². The van der Waals surface area contributed by atoms with E-state index in [4.69, 9.17) is 0 Å². The summed E-state index contributed by atoms with van der Waals surface area (Å²) in [6.45, 7) is 0. The predicted octanol–water partition coefficient (Wildman–Crippen LogP) is 4.96. The molecule has 28 heavy (non-hydrogen) atoms. The second-order valence-corrected chi connectivity index (χ2v) is 8.33. The molecule has 0 spiro atoms. The fourth-order valence-corrected chi connectivity index (χ4v) is 4.72. The van der Waals surface area contributed by atoms with Gasteiger partial charge in [0.05, 0.1) is 11.1 Å². The highest BCUT2D eigenvalue weighted by Gasteiger charge is 2.25. The lowest BCUT2D eigenvalue weighted by Gasteiger charge is -2.25. The van der Waals surface area contributed by atoms with Gasteiger partial charge in [-0.3, -0.25) is 9.59 Å². The minimum absolute atomic E-state index is 0.113.